The van der Waals surface area contributed by atoms with Crippen LogP contribution in [0.2, 0.25) is 0 Å². The van der Waals surface area contributed by atoms with Crippen LogP contribution in [0, 0.1) is 0 Å². The highest BCUT2D eigenvalue weighted by molar-refractivity contribution is 7.14. The van der Waals surface area contributed by atoms with Crippen molar-refractivity contribution in [1.82, 2.24) is 4.98 Å². The zero-order valence-corrected chi connectivity index (χ0v) is 16.6. The number of carbonyl (C=O) groups is 1. The van der Waals surface area contributed by atoms with Gasteiger partial charge in [-0.15, -0.1) is 11.3 Å². The number of nitrogens with one attached hydrogen (secondary N) is 1. The first-order chi connectivity index (χ1) is 13.6. The first kappa shape index (κ1) is 19.4. The second-order valence-corrected chi connectivity index (χ2v) is 6.54. The van der Waals surface area contributed by atoms with Crippen LogP contribution in [0.5, 0.6) is 17.2 Å². The standard InChI is InChI=1S/C21H20N2O4S/c1-25-17-11-14(12-18(26-2)20(17)27-3)9-10-19(24)23-21-22-16(13-28-21)15-7-5-4-6-8-15/h4-13H,1-3H3,(H,22,23,24)/b10-9+. The Kier molecular flexibility index (Phi) is 6.29. The fourth-order valence-corrected chi connectivity index (χ4v) is 3.31. The molecule has 0 aliphatic rings. The van der Waals surface area contributed by atoms with Gasteiger partial charge >= 0.3 is 0 Å². The smallest absolute Gasteiger partial charge is 0.250 e. The Hall–Kier alpha value is -3.32. The van der Waals surface area contributed by atoms with Gasteiger partial charge in [0.15, 0.2) is 16.6 Å². The van der Waals surface area contributed by atoms with E-state index in [2.05, 4.69) is 10.3 Å². The molecule has 0 saturated carbocycles. The van der Waals surface area contributed by atoms with Crippen molar-refractivity contribution in [3.05, 3.63) is 59.5 Å². The Morgan fingerprint density at radius 2 is 1.71 bits per heavy atom. The maximum Gasteiger partial charge on any atom is 0.250 e. The molecular formula is C21H20N2O4S. The summed E-state index contributed by atoms with van der Waals surface area (Å²) in [5.74, 6) is 1.27. The lowest BCUT2D eigenvalue weighted by atomic mass is 10.1. The number of thiazole rings is 1. The van der Waals surface area contributed by atoms with Crippen LogP contribution < -0.4 is 19.5 Å². The number of anilines is 1. The summed E-state index contributed by atoms with van der Waals surface area (Å²) < 4.78 is 15.9. The van der Waals surface area contributed by atoms with E-state index in [0.29, 0.717) is 22.4 Å². The number of amides is 1. The number of hydrogen-bond acceptors (Lipinski definition) is 6. The fourth-order valence-electron chi connectivity index (χ4n) is 2.59. The molecule has 144 valence electrons. The van der Waals surface area contributed by atoms with Crippen LogP contribution in [0.1, 0.15) is 5.56 Å². The largest absolute Gasteiger partial charge is 0.493 e. The highest BCUT2D eigenvalue weighted by atomic mass is 32.1. The fraction of sp³-hybridized carbons (Fsp3) is 0.143. The normalized spacial score (nSPS) is 10.7. The molecule has 3 aromatic rings. The van der Waals surface area contributed by atoms with Gasteiger partial charge in [0.25, 0.3) is 0 Å². The molecule has 28 heavy (non-hydrogen) atoms. The van der Waals surface area contributed by atoms with Crippen molar-refractivity contribution in [3.8, 4) is 28.5 Å². The van der Waals surface area contributed by atoms with Gasteiger partial charge in [-0.05, 0) is 23.8 Å². The van der Waals surface area contributed by atoms with Gasteiger partial charge in [0.2, 0.25) is 11.7 Å². The van der Waals surface area contributed by atoms with E-state index in [1.165, 1.54) is 17.4 Å². The molecule has 0 aliphatic heterocycles. The van der Waals surface area contributed by atoms with Gasteiger partial charge < -0.3 is 14.2 Å². The molecule has 0 radical (unpaired) electrons. The number of benzene rings is 2. The van der Waals surface area contributed by atoms with Crippen LogP contribution in [0.3, 0.4) is 0 Å². The van der Waals surface area contributed by atoms with Gasteiger partial charge in [0.05, 0.1) is 27.0 Å². The van der Waals surface area contributed by atoms with Crippen LogP contribution in [-0.4, -0.2) is 32.2 Å². The minimum atomic E-state index is -0.275. The third kappa shape index (κ3) is 4.50. The maximum absolute atomic E-state index is 12.2. The van der Waals surface area contributed by atoms with Crippen molar-refractivity contribution in [3.63, 3.8) is 0 Å². The number of aromatic nitrogens is 1. The number of hydrogen-bond donors (Lipinski definition) is 1. The van der Waals surface area contributed by atoms with Gasteiger partial charge in [-0.1, -0.05) is 30.3 Å². The monoisotopic (exact) mass is 396 g/mol. The highest BCUT2D eigenvalue weighted by Gasteiger charge is 2.12. The predicted octanol–water partition coefficient (Wildman–Crippen LogP) is 4.49. The number of methoxy groups -OCH3 is 3. The van der Waals surface area contributed by atoms with Crippen LogP contribution in [0.4, 0.5) is 5.13 Å². The van der Waals surface area contributed by atoms with Crippen molar-refractivity contribution in [2.75, 3.05) is 26.6 Å². The molecule has 0 spiro atoms. The Balaban J connectivity index is 1.71. The molecule has 1 amide bonds. The summed E-state index contributed by atoms with van der Waals surface area (Å²) >= 11 is 1.38. The summed E-state index contributed by atoms with van der Waals surface area (Å²) in [6.45, 7) is 0. The topological polar surface area (TPSA) is 69.7 Å². The number of nitrogens with zero attached hydrogens (tertiary/aromatic N) is 1. The van der Waals surface area contributed by atoms with E-state index in [9.17, 15) is 4.79 Å². The van der Waals surface area contributed by atoms with Gasteiger partial charge in [-0.3, -0.25) is 10.1 Å². The molecule has 0 bridgehead atoms. The Bertz CT molecular complexity index is 958. The van der Waals surface area contributed by atoms with Gasteiger partial charge in [-0.25, -0.2) is 4.98 Å². The molecule has 0 fully saturated rings. The third-order valence-electron chi connectivity index (χ3n) is 3.92. The molecule has 1 heterocycles. The predicted molar refractivity (Wildman–Crippen MR) is 111 cm³/mol. The van der Waals surface area contributed by atoms with Gasteiger partial charge in [0, 0.05) is 17.0 Å². The zero-order chi connectivity index (χ0) is 19.9. The van der Waals surface area contributed by atoms with E-state index >= 15 is 0 Å². The summed E-state index contributed by atoms with van der Waals surface area (Å²) in [7, 11) is 4.63. The lowest BCUT2D eigenvalue weighted by molar-refractivity contribution is -0.111. The van der Waals surface area contributed by atoms with Crippen LogP contribution in [0.15, 0.2) is 53.9 Å². The number of ether oxygens (including phenoxy) is 3. The molecule has 1 N–H and O–H groups in total. The van der Waals surface area contributed by atoms with Crippen LogP contribution in [-0.2, 0) is 4.79 Å². The molecule has 0 unspecified atom stereocenters. The van der Waals surface area contributed by atoms with E-state index in [4.69, 9.17) is 14.2 Å². The molecule has 0 aliphatic carbocycles. The third-order valence-corrected chi connectivity index (χ3v) is 4.68. The second kappa shape index (κ2) is 9.05. The molecule has 3 rings (SSSR count). The van der Waals surface area contributed by atoms with Crippen LogP contribution >= 0.6 is 11.3 Å². The number of carbonyl (C=O) groups excluding carboxylic acids is 1. The maximum atomic E-state index is 12.2. The molecule has 1 aromatic heterocycles. The lowest BCUT2D eigenvalue weighted by Crippen LogP contribution is -2.07. The lowest BCUT2D eigenvalue weighted by Gasteiger charge is -2.12. The quantitative estimate of drug-likeness (QED) is 0.596. The highest BCUT2D eigenvalue weighted by Crippen LogP contribution is 2.38. The van der Waals surface area contributed by atoms with Gasteiger partial charge in [0.1, 0.15) is 0 Å². The summed E-state index contributed by atoms with van der Waals surface area (Å²) in [5.41, 5.74) is 2.58. The average molecular weight is 396 g/mol. The van der Waals surface area contributed by atoms with Crippen molar-refractivity contribution in [2.24, 2.45) is 0 Å². The van der Waals surface area contributed by atoms with E-state index in [1.807, 2.05) is 35.7 Å². The second-order valence-electron chi connectivity index (χ2n) is 5.69. The first-order valence-electron chi connectivity index (χ1n) is 8.44. The Morgan fingerprint density at radius 3 is 2.32 bits per heavy atom. The minimum Gasteiger partial charge on any atom is -0.493 e. The van der Waals surface area contributed by atoms with Crippen LogP contribution in [0.25, 0.3) is 17.3 Å². The van der Waals surface area contributed by atoms with Gasteiger partial charge in [-0.2, -0.15) is 0 Å². The van der Waals surface area contributed by atoms with E-state index in [0.717, 1.165) is 16.8 Å². The van der Waals surface area contributed by atoms with Crippen molar-refractivity contribution in [1.29, 1.82) is 0 Å². The Morgan fingerprint density at radius 1 is 1.04 bits per heavy atom. The Labute approximate surface area is 167 Å². The molecule has 6 nitrogen and oxygen atoms in total. The van der Waals surface area contributed by atoms with Crippen molar-refractivity contribution >= 4 is 28.5 Å². The summed E-state index contributed by atoms with van der Waals surface area (Å²) in [4.78, 5) is 16.7. The molecule has 0 atom stereocenters. The summed E-state index contributed by atoms with van der Waals surface area (Å²) in [5, 5.41) is 5.23. The summed E-state index contributed by atoms with van der Waals surface area (Å²) in [6.07, 6.45) is 3.11. The molecular weight excluding hydrogens is 376 g/mol. The van der Waals surface area contributed by atoms with Crippen molar-refractivity contribution in [2.45, 2.75) is 0 Å². The molecule has 7 heteroatoms. The van der Waals surface area contributed by atoms with E-state index in [1.54, 1.807) is 39.5 Å². The molecule has 2 aromatic carbocycles. The molecule has 0 saturated heterocycles. The average Bonchev–Trinajstić information content (AvgIpc) is 3.20. The SMILES string of the molecule is COc1cc(/C=C/C(=O)Nc2nc(-c3ccccc3)cs2)cc(OC)c1OC. The minimum absolute atomic E-state index is 0.275. The van der Waals surface area contributed by atoms with Crippen molar-refractivity contribution < 1.29 is 19.0 Å². The number of rotatable bonds is 7. The first-order valence-corrected chi connectivity index (χ1v) is 9.32. The zero-order valence-electron chi connectivity index (χ0n) is 15.8. The van der Waals surface area contributed by atoms with E-state index in [-0.39, 0.29) is 5.91 Å². The van der Waals surface area contributed by atoms with E-state index < -0.39 is 0 Å². The summed E-state index contributed by atoms with van der Waals surface area (Å²) in [6, 6.07) is 13.3.